The highest BCUT2D eigenvalue weighted by atomic mass is 19.4. The molecule has 5 nitrogen and oxygen atoms in total. The van der Waals surface area contributed by atoms with Crippen LogP contribution < -0.4 is 5.73 Å². The van der Waals surface area contributed by atoms with Crippen LogP contribution in [0.15, 0.2) is 30.3 Å². The van der Waals surface area contributed by atoms with Gasteiger partial charge < -0.3 is 15.2 Å². The van der Waals surface area contributed by atoms with Crippen LogP contribution in [0.5, 0.6) is 0 Å². The predicted octanol–water partition coefficient (Wildman–Crippen LogP) is 4.03. The van der Waals surface area contributed by atoms with Gasteiger partial charge in [0.15, 0.2) is 0 Å². The fourth-order valence-corrected chi connectivity index (χ4v) is 1.46. The average molecular weight is 403 g/mol. The van der Waals surface area contributed by atoms with Crippen LogP contribution in [0.1, 0.15) is 25.7 Å². The first-order chi connectivity index (χ1) is 12.4. The summed E-state index contributed by atoms with van der Waals surface area (Å²) < 4.78 is 78.7. The van der Waals surface area contributed by atoms with Gasteiger partial charge in [-0.25, -0.2) is 0 Å². The molecule has 0 aromatic heterocycles. The second kappa shape index (κ2) is 12.0. The number of carbonyl (C=O) groups is 2. The number of nitrogens with two attached hydrogens (primary N) is 1. The molecule has 0 radical (unpaired) electrons. The molecule has 0 aliphatic carbocycles. The number of hydrogen-bond acceptors (Lipinski definition) is 5. The van der Waals surface area contributed by atoms with Crippen molar-refractivity contribution in [3.63, 3.8) is 0 Å². The summed E-state index contributed by atoms with van der Waals surface area (Å²) in [5.41, 5.74) is 6.18. The van der Waals surface area contributed by atoms with Gasteiger partial charge in [-0.05, 0) is 25.0 Å². The first kappa shape index (κ1) is 24.5. The Morgan fingerprint density at radius 2 is 1.15 bits per heavy atom. The number of unbranched alkanes of at least 4 members (excludes halogenated alkanes) is 1. The molecule has 0 fully saturated rings. The molecule has 2 N–H and O–H groups in total. The fourth-order valence-electron chi connectivity index (χ4n) is 1.46. The Labute approximate surface area is 151 Å². The smallest absolute Gasteiger partial charge is 0.399 e. The number of halogens is 6. The molecule has 0 atom stereocenters. The van der Waals surface area contributed by atoms with Gasteiger partial charge in [0.2, 0.25) is 0 Å². The van der Waals surface area contributed by atoms with Gasteiger partial charge in [-0.2, -0.15) is 26.3 Å². The Hall–Kier alpha value is -2.46. The largest absolute Gasteiger partial charge is 0.465 e. The Balaban J connectivity index is 0.000000797. The van der Waals surface area contributed by atoms with Crippen LogP contribution in [-0.4, -0.2) is 37.5 Å². The highest BCUT2D eigenvalue weighted by Crippen LogP contribution is 2.20. The first-order valence-electron chi connectivity index (χ1n) is 7.64. The number of benzene rings is 1. The topological polar surface area (TPSA) is 78.6 Å². The van der Waals surface area contributed by atoms with Crippen LogP contribution in [0.4, 0.5) is 32.0 Å². The lowest BCUT2D eigenvalue weighted by atomic mass is 10.3. The van der Waals surface area contributed by atoms with Crippen LogP contribution in [0, 0.1) is 0 Å². The fraction of sp³-hybridized carbons (Fsp3) is 0.500. The molecule has 1 aromatic rings. The van der Waals surface area contributed by atoms with Crippen molar-refractivity contribution in [2.75, 3.05) is 18.9 Å². The number of nitrogen functional groups attached to an aromatic ring is 1. The van der Waals surface area contributed by atoms with Gasteiger partial charge in [0, 0.05) is 5.69 Å². The van der Waals surface area contributed by atoms with Crippen LogP contribution in [0.2, 0.25) is 0 Å². The standard InChI is InChI=1S/C10H12F6O4.C6H7N/c11-9(12,13)5-7(17)19-3-1-2-4-20-8(18)6-10(14,15)16;7-6-4-2-1-3-5-6/h1-6H2;1-5H,7H2. The van der Waals surface area contributed by atoms with E-state index in [1.54, 1.807) is 0 Å². The molecule has 27 heavy (non-hydrogen) atoms. The highest BCUT2D eigenvalue weighted by molar-refractivity contribution is 5.70. The molecule has 0 aliphatic rings. The number of anilines is 1. The zero-order chi connectivity index (χ0) is 20.9. The summed E-state index contributed by atoms with van der Waals surface area (Å²) in [6, 6.07) is 9.49. The van der Waals surface area contributed by atoms with E-state index in [1.165, 1.54) is 0 Å². The minimum Gasteiger partial charge on any atom is -0.465 e. The number of hydrogen-bond donors (Lipinski definition) is 1. The number of esters is 2. The van der Waals surface area contributed by atoms with Crippen LogP contribution in [0.3, 0.4) is 0 Å². The van der Waals surface area contributed by atoms with Gasteiger partial charge in [-0.1, -0.05) is 18.2 Å². The maximum atomic E-state index is 11.7. The number of alkyl halides is 6. The van der Waals surface area contributed by atoms with Gasteiger partial charge in [0.25, 0.3) is 0 Å². The Kier molecular flexibility index (Phi) is 10.9. The third-order valence-corrected chi connectivity index (χ3v) is 2.55. The molecular weight excluding hydrogens is 384 g/mol. The summed E-state index contributed by atoms with van der Waals surface area (Å²) in [6.07, 6.45) is -12.6. The molecule has 0 saturated carbocycles. The second-order valence-corrected chi connectivity index (χ2v) is 5.14. The van der Waals surface area contributed by atoms with E-state index in [0.717, 1.165) is 5.69 Å². The summed E-state index contributed by atoms with van der Waals surface area (Å²) in [7, 11) is 0. The molecular formula is C16H19F6NO4. The van der Waals surface area contributed by atoms with E-state index in [0.29, 0.717) is 0 Å². The summed E-state index contributed by atoms with van der Waals surface area (Å²) in [5, 5.41) is 0. The SMILES string of the molecule is Nc1ccccc1.O=C(CC(F)(F)F)OCCCCOC(=O)CC(F)(F)F. The number of ether oxygens (including phenoxy) is 2. The second-order valence-electron chi connectivity index (χ2n) is 5.14. The minimum atomic E-state index is -4.65. The number of para-hydroxylation sites is 1. The van der Waals surface area contributed by atoms with Crippen LogP contribution in [0.25, 0.3) is 0 Å². The molecule has 0 aliphatic heterocycles. The van der Waals surface area contributed by atoms with Crippen LogP contribution >= 0.6 is 0 Å². The number of rotatable bonds is 7. The van der Waals surface area contributed by atoms with Gasteiger partial charge in [0.1, 0.15) is 12.8 Å². The lowest BCUT2D eigenvalue weighted by molar-refractivity contribution is -0.174. The summed E-state index contributed by atoms with van der Waals surface area (Å²) >= 11 is 0. The lowest BCUT2D eigenvalue weighted by Crippen LogP contribution is -2.18. The zero-order valence-corrected chi connectivity index (χ0v) is 14.1. The van der Waals surface area contributed by atoms with Crippen molar-refractivity contribution in [2.45, 2.75) is 38.0 Å². The maximum Gasteiger partial charge on any atom is 0.399 e. The Morgan fingerprint density at radius 3 is 1.41 bits per heavy atom. The van der Waals surface area contributed by atoms with Crippen molar-refractivity contribution >= 4 is 17.6 Å². The molecule has 0 heterocycles. The van der Waals surface area contributed by atoms with E-state index >= 15 is 0 Å². The Morgan fingerprint density at radius 1 is 0.778 bits per heavy atom. The molecule has 11 heteroatoms. The third kappa shape index (κ3) is 18.1. The van der Waals surface area contributed by atoms with E-state index in [4.69, 9.17) is 5.73 Å². The Bertz CT molecular complexity index is 528. The molecule has 0 bridgehead atoms. The van der Waals surface area contributed by atoms with Crippen molar-refractivity contribution in [1.29, 1.82) is 0 Å². The molecule has 1 rings (SSSR count). The van der Waals surface area contributed by atoms with E-state index in [9.17, 15) is 35.9 Å². The van der Waals surface area contributed by atoms with E-state index < -0.39 is 37.1 Å². The predicted molar refractivity (Wildman–Crippen MR) is 83.4 cm³/mol. The summed E-state index contributed by atoms with van der Waals surface area (Å²) in [4.78, 5) is 21.2. The van der Waals surface area contributed by atoms with Crippen molar-refractivity contribution in [3.05, 3.63) is 30.3 Å². The molecule has 0 unspecified atom stereocenters. The van der Waals surface area contributed by atoms with Crippen LogP contribution in [-0.2, 0) is 19.1 Å². The third-order valence-electron chi connectivity index (χ3n) is 2.55. The molecule has 0 amide bonds. The summed E-state index contributed by atoms with van der Waals surface area (Å²) in [5.74, 6) is -2.88. The molecule has 0 spiro atoms. The normalized spacial score (nSPS) is 11.2. The van der Waals surface area contributed by atoms with Gasteiger partial charge >= 0.3 is 24.3 Å². The molecule has 0 saturated heterocycles. The highest BCUT2D eigenvalue weighted by Gasteiger charge is 2.32. The quantitative estimate of drug-likeness (QED) is 0.322. The maximum absolute atomic E-state index is 11.7. The van der Waals surface area contributed by atoms with Crippen molar-refractivity contribution < 1.29 is 45.4 Å². The van der Waals surface area contributed by atoms with Crippen molar-refractivity contribution in [2.24, 2.45) is 0 Å². The van der Waals surface area contributed by atoms with E-state index in [1.807, 2.05) is 30.3 Å². The zero-order valence-electron chi connectivity index (χ0n) is 14.1. The summed E-state index contributed by atoms with van der Waals surface area (Å²) in [6.45, 7) is -0.655. The minimum absolute atomic E-state index is 0.0723. The van der Waals surface area contributed by atoms with Crippen molar-refractivity contribution in [1.82, 2.24) is 0 Å². The average Bonchev–Trinajstić information content (AvgIpc) is 2.48. The molecule has 154 valence electrons. The van der Waals surface area contributed by atoms with Crippen molar-refractivity contribution in [3.8, 4) is 0 Å². The first-order valence-corrected chi connectivity index (χ1v) is 7.64. The monoisotopic (exact) mass is 403 g/mol. The van der Waals surface area contributed by atoms with E-state index in [2.05, 4.69) is 9.47 Å². The lowest BCUT2D eigenvalue weighted by Gasteiger charge is -2.08. The van der Waals surface area contributed by atoms with Gasteiger partial charge in [-0.3, -0.25) is 9.59 Å². The van der Waals surface area contributed by atoms with E-state index in [-0.39, 0.29) is 26.1 Å². The van der Waals surface area contributed by atoms with Gasteiger partial charge in [-0.15, -0.1) is 0 Å². The number of carbonyl (C=O) groups excluding carboxylic acids is 2. The molecule has 1 aromatic carbocycles. The van der Waals surface area contributed by atoms with Gasteiger partial charge in [0.05, 0.1) is 13.2 Å².